The van der Waals surface area contributed by atoms with Gasteiger partial charge in [0.1, 0.15) is 11.0 Å². The zero-order valence-electron chi connectivity index (χ0n) is 10.1. The SMILES string of the molecule is C=CCN(CC)S(=O)(=O)c1ccc(N)cc1C#N. The van der Waals surface area contributed by atoms with Crippen LogP contribution in [-0.4, -0.2) is 25.8 Å². The second-order valence-electron chi connectivity index (χ2n) is 3.61. The zero-order chi connectivity index (χ0) is 13.8. The number of sulfonamides is 1. The standard InChI is InChI=1S/C12H15N3O2S/c1-3-7-15(4-2)18(16,17)12-6-5-11(14)8-10(12)9-13/h3,5-6,8H,1,4,7,14H2,2H3. The molecule has 0 saturated carbocycles. The molecule has 96 valence electrons. The average Bonchev–Trinajstić information content (AvgIpc) is 2.35. The molecular weight excluding hydrogens is 250 g/mol. The van der Waals surface area contributed by atoms with Crippen LogP contribution in [0.1, 0.15) is 12.5 Å². The van der Waals surface area contributed by atoms with Crippen LogP contribution in [0.2, 0.25) is 0 Å². The molecule has 0 amide bonds. The van der Waals surface area contributed by atoms with Crippen molar-refractivity contribution < 1.29 is 8.42 Å². The molecule has 0 aliphatic rings. The lowest BCUT2D eigenvalue weighted by molar-refractivity contribution is 0.459. The molecule has 1 rings (SSSR count). The molecule has 6 heteroatoms. The van der Waals surface area contributed by atoms with Gasteiger partial charge in [-0.1, -0.05) is 13.0 Å². The van der Waals surface area contributed by atoms with Gasteiger partial charge in [-0.15, -0.1) is 6.58 Å². The number of anilines is 1. The summed E-state index contributed by atoms with van der Waals surface area (Å²) in [5.41, 5.74) is 5.95. The Kier molecular flexibility index (Phi) is 4.48. The Labute approximate surface area is 107 Å². The third-order valence-electron chi connectivity index (χ3n) is 2.43. The Balaban J connectivity index is 3.36. The van der Waals surface area contributed by atoms with Crippen molar-refractivity contribution in [2.24, 2.45) is 0 Å². The van der Waals surface area contributed by atoms with Crippen molar-refractivity contribution in [1.29, 1.82) is 5.26 Å². The highest BCUT2D eigenvalue weighted by atomic mass is 32.2. The van der Waals surface area contributed by atoms with Gasteiger partial charge in [-0.05, 0) is 18.2 Å². The normalized spacial score (nSPS) is 11.2. The van der Waals surface area contributed by atoms with Gasteiger partial charge >= 0.3 is 0 Å². The third kappa shape index (κ3) is 2.70. The maximum absolute atomic E-state index is 12.3. The number of nitrogen functional groups attached to an aromatic ring is 1. The minimum absolute atomic E-state index is 0.0251. The summed E-state index contributed by atoms with van der Waals surface area (Å²) in [5, 5.41) is 8.98. The molecule has 0 fully saturated rings. The van der Waals surface area contributed by atoms with Gasteiger partial charge in [0, 0.05) is 18.8 Å². The van der Waals surface area contributed by atoms with Gasteiger partial charge in [-0.3, -0.25) is 0 Å². The van der Waals surface area contributed by atoms with E-state index in [9.17, 15) is 8.42 Å². The minimum Gasteiger partial charge on any atom is -0.399 e. The molecular formula is C12H15N3O2S. The Hall–Kier alpha value is -1.84. The molecule has 0 unspecified atom stereocenters. The van der Waals surface area contributed by atoms with E-state index in [0.29, 0.717) is 12.2 Å². The van der Waals surface area contributed by atoms with Crippen molar-refractivity contribution in [3.05, 3.63) is 36.4 Å². The Bertz CT molecular complexity index is 588. The first-order valence-electron chi connectivity index (χ1n) is 5.38. The molecule has 5 nitrogen and oxygen atoms in total. The van der Waals surface area contributed by atoms with Crippen LogP contribution in [0.5, 0.6) is 0 Å². The van der Waals surface area contributed by atoms with Crippen LogP contribution >= 0.6 is 0 Å². The predicted octanol–water partition coefficient (Wildman–Crippen LogP) is 1.34. The predicted molar refractivity (Wildman–Crippen MR) is 70.2 cm³/mol. The molecule has 0 bridgehead atoms. The number of nitriles is 1. The number of hydrogen-bond acceptors (Lipinski definition) is 4. The van der Waals surface area contributed by atoms with Gasteiger partial charge in [0.25, 0.3) is 0 Å². The Morgan fingerprint density at radius 2 is 2.22 bits per heavy atom. The van der Waals surface area contributed by atoms with Crippen molar-refractivity contribution >= 4 is 15.7 Å². The van der Waals surface area contributed by atoms with Crippen LogP contribution in [0.3, 0.4) is 0 Å². The van der Waals surface area contributed by atoms with Crippen molar-refractivity contribution in [1.82, 2.24) is 4.31 Å². The number of likely N-dealkylation sites (N-methyl/N-ethyl adjacent to an activating group) is 1. The zero-order valence-corrected chi connectivity index (χ0v) is 10.9. The molecule has 0 aliphatic heterocycles. The number of benzene rings is 1. The Morgan fingerprint density at radius 3 is 2.72 bits per heavy atom. The van der Waals surface area contributed by atoms with Crippen LogP contribution in [0.25, 0.3) is 0 Å². The molecule has 0 radical (unpaired) electrons. The van der Waals surface area contributed by atoms with Gasteiger partial charge in [0.05, 0.1) is 5.56 Å². The smallest absolute Gasteiger partial charge is 0.244 e. The van der Waals surface area contributed by atoms with Gasteiger partial charge < -0.3 is 5.73 Å². The molecule has 18 heavy (non-hydrogen) atoms. The average molecular weight is 265 g/mol. The van der Waals surface area contributed by atoms with Gasteiger partial charge in [-0.2, -0.15) is 9.57 Å². The summed E-state index contributed by atoms with van der Waals surface area (Å²) in [6, 6.07) is 6.03. The molecule has 0 heterocycles. The first kappa shape index (κ1) is 14.2. The summed E-state index contributed by atoms with van der Waals surface area (Å²) < 4.78 is 25.9. The van der Waals surface area contributed by atoms with Crippen LogP contribution in [-0.2, 0) is 10.0 Å². The minimum atomic E-state index is -3.69. The van der Waals surface area contributed by atoms with E-state index in [4.69, 9.17) is 11.0 Å². The van der Waals surface area contributed by atoms with Crippen LogP contribution in [0.4, 0.5) is 5.69 Å². The number of rotatable bonds is 5. The van der Waals surface area contributed by atoms with Gasteiger partial charge in [0.15, 0.2) is 0 Å². The quantitative estimate of drug-likeness (QED) is 0.642. The first-order chi connectivity index (χ1) is 8.47. The summed E-state index contributed by atoms with van der Waals surface area (Å²) >= 11 is 0. The van der Waals surface area contributed by atoms with E-state index in [1.807, 2.05) is 6.07 Å². The van der Waals surface area contributed by atoms with Crippen molar-refractivity contribution in [3.8, 4) is 6.07 Å². The maximum Gasteiger partial charge on any atom is 0.244 e. The van der Waals surface area contributed by atoms with Crippen molar-refractivity contribution in [2.75, 3.05) is 18.8 Å². The molecule has 1 aromatic carbocycles. The van der Waals surface area contributed by atoms with E-state index in [-0.39, 0.29) is 17.0 Å². The second-order valence-corrected chi connectivity index (χ2v) is 5.52. The fourth-order valence-electron chi connectivity index (χ4n) is 1.54. The van der Waals surface area contributed by atoms with Crippen molar-refractivity contribution in [3.63, 3.8) is 0 Å². The summed E-state index contributed by atoms with van der Waals surface area (Å²) in [5.74, 6) is 0. The van der Waals surface area contributed by atoms with E-state index in [1.54, 1.807) is 6.92 Å². The molecule has 0 atom stereocenters. The largest absolute Gasteiger partial charge is 0.399 e. The fourth-order valence-corrected chi connectivity index (χ4v) is 3.08. The molecule has 0 aromatic heterocycles. The highest BCUT2D eigenvalue weighted by molar-refractivity contribution is 7.89. The highest BCUT2D eigenvalue weighted by Gasteiger charge is 2.25. The molecule has 0 saturated heterocycles. The molecule has 1 aromatic rings. The van der Waals surface area contributed by atoms with E-state index in [0.717, 1.165) is 0 Å². The van der Waals surface area contributed by atoms with Crippen molar-refractivity contribution in [2.45, 2.75) is 11.8 Å². The van der Waals surface area contributed by atoms with Gasteiger partial charge in [0.2, 0.25) is 10.0 Å². The lowest BCUT2D eigenvalue weighted by Crippen LogP contribution is -2.31. The first-order valence-corrected chi connectivity index (χ1v) is 6.82. The lowest BCUT2D eigenvalue weighted by Gasteiger charge is -2.19. The van der Waals surface area contributed by atoms with E-state index in [1.165, 1.54) is 28.6 Å². The maximum atomic E-state index is 12.3. The summed E-state index contributed by atoms with van der Waals surface area (Å²) in [7, 11) is -3.69. The summed E-state index contributed by atoms with van der Waals surface area (Å²) in [6.45, 7) is 5.76. The fraction of sp³-hybridized carbons (Fsp3) is 0.250. The monoisotopic (exact) mass is 265 g/mol. The van der Waals surface area contributed by atoms with Crippen LogP contribution in [0.15, 0.2) is 35.7 Å². The van der Waals surface area contributed by atoms with E-state index in [2.05, 4.69) is 6.58 Å². The highest BCUT2D eigenvalue weighted by Crippen LogP contribution is 2.21. The van der Waals surface area contributed by atoms with Crippen LogP contribution in [0, 0.1) is 11.3 Å². The summed E-state index contributed by atoms with van der Waals surface area (Å²) in [6.07, 6.45) is 1.50. The molecule has 2 N–H and O–H groups in total. The summed E-state index contributed by atoms with van der Waals surface area (Å²) in [4.78, 5) is -0.0251. The number of nitrogens with two attached hydrogens (primary N) is 1. The molecule has 0 aliphatic carbocycles. The number of nitrogens with zero attached hydrogens (tertiary/aromatic N) is 2. The lowest BCUT2D eigenvalue weighted by atomic mass is 10.2. The van der Waals surface area contributed by atoms with Gasteiger partial charge in [-0.25, -0.2) is 8.42 Å². The second kappa shape index (κ2) is 5.67. The topological polar surface area (TPSA) is 87.2 Å². The third-order valence-corrected chi connectivity index (χ3v) is 4.43. The molecule has 0 spiro atoms. The van der Waals surface area contributed by atoms with E-state index < -0.39 is 10.0 Å². The van der Waals surface area contributed by atoms with Crippen LogP contribution < -0.4 is 5.73 Å². The van der Waals surface area contributed by atoms with E-state index >= 15 is 0 Å². The Morgan fingerprint density at radius 1 is 1.56 bits per heavy atom. The number of hydrogen-bond donors (Lipinski definition) is 1.